The average Bonchev–Trinajstić information content (AvgIpc) is 2.40. The summed E-state index contributed by atoms with van der Waals surface area (Å²) in [5, 5.41) is 0. The molecule has 0 aliphatic heterocycles. The number of benzene rings is 2. The second-order valence-corrected chi connectivity index (χ2v) is 5.08. The zero-order chi connectivity index (χ0) is 13.7. The molecule has 0 saturated heterocycles. The van der Waals surface area contributed by atoms with E-state index in [0.717, 1.165) is 5.56 Å². The molecule has 0 N–H and O–H groups in total. The average molecular weight is 278 g/mol. The summed E-state index contributed by atoms with van der Waals surface area (Å²) in [6.45, 7) is 0. The molecule has 0 amide bonds. The van der Waals surface area contributed by atoms with Crippen LogP contribution in [0.5, 0.6) is 0 Å². The van der Waals surface area contributed by atoms with Crippen LogP contribution in [0.3, 0.4) is 0 Å². The standard InChI is InChI=1S/C15H12F2OS/c16-12-7-5-11(6-8-12)9-13(18)10-19-15-4-2-1-3-14(15)17/h1-8H,9-10H2. The molecule has 0 aliphatic carbocycles. The number of ketones is 1. The van der Waals surface area contributed by atoms with Crippen molar-refractivity contribution in [1.29, 1.82) is 0 Å². The normalized spacial score (nSPS) is 10.4. The van der Waals surface area contributed by atoms with Gasteiger partial charge < -0.3 is 0 Å². The van der Waals surface area contributed by atoms with Gasteiger partial charge in [0, 0.05) is 11.3 Å². The fourth-order valence-corrected chi connectivity index (χ4v) is 2.40. The number of Topliss-reactive ketones (excluding diaryl/α,β-unsaturated/α-hetero) is 1. The maximum Gasteiger partial charge on any atom is 0.147 e. The maximum atomic E-state index is 13.3. The van der Waals surface area contributed by atoms with E-state index >= 15 is 0 Å². The summed E-state index contributed by atoms with van der Waals surface area (Å²) in [7, 11) is 0. The molecule has 0 spiro atoms. The number of halogens is 2. The van der Waals surface area contributed by atoms with Crippen LogP contribution in [-0.2, 0) is 11.2 Å². The van der Waals surface area contributed by atoms with E-state index < -0.39 is 0 Å². The molecule has 0 heterocycles. The Kier molecular flexibility index (Phi) is 4.68. The Hall–Kier alpha value is -1.68. The van der Waals surface area contributed by atoms with Crippen molar-refractivity contribution in [2.24, 2.45) is 0 Å². The third-order valence-corrected chi connectivity index (χ3v) is 3.65. The van der Waals surface area contributed by atoms with Crippen LogP contribution in [0.15, 0.2) is 53.4 Å². The molecule has 0 aliphatic rings. The van der Waals surface area contributed by atoms with Crippen LogP contribution in [-0.4, -0.2) is 11.5 Å². The highest BCUT2D eigenvalue weighted by Gasteiger charge is 2.07. The quantitative estimate of drug-likeness (QED) is 0.772. The lowest BCUT2D eigenvalue weighted by molar-refractivity contribution is -0.116. The van der Waals surface area contributed by atoms with Crippen molar-refractivity contribution in [1.82, 2.24) is 0 Å². The molecule has 0 radical (unpaired) electrons. The number of hydrogen-bond donors (Lipinski definition) is 0. The molecule has 19 heavy (non-hydrogen) atoms. The third kappa shape index (κ3) is 4.17. The molecule has 0 bridgehead atoms. The lowest BCUT2D eigenvalue weighted by atomic mass is 10.1. The van der Waals surface area contributed by atoms with E-state index in [0.29, 0.717) is 4.90 Å². The number of rotatable bonds is 5. The molecular weight excluding hydrogens is 266 g/mol. The monoisotopic (exact) mass is 278 g/mol. The predicted molar refractivity (Wildman–Crippen MR) is 72.2 cm³/mol. The van der Waals surface area contributed by atoms with Crippen molar-refractivity contribution in [2.45, 2.75) is 11.3 Å². The molecule has 2 aromatic carbocycles. The Balaban J connectivity index is 1.88. The molecule has 2 aromatic rings. The van der Waals surface area contributed by atoms with Gasteiger partial charge in [-0.15, -0.1) is 11.8 Å². The number of carbonyl (C=O) groups excluding carboxylic acids is 1. The first-order valence-corrected chi connectivity index (χ1v) is 6.77. The number of carbonyl (C=O) groups is 1. The largest absolute Gasteiger partial charge is 0.298 e. The fourth-order valence-electron chi connectivity index (χ4n) is 1.60. The Morgan fingerprint density at radius 3 is 2.37 bits per heavy atom. The van der Waals surface area contributed by atoms with Crippen LogP contribution in [0.2, 0.25) is 0 Å². The summed E-state index contributed by atoms with van der Waals surface area (Å²) in [5.41, 5.74) is 0.764. The Labute approximate surface area is 114 Å². The molecule has 0 fully saturated rings. The third-order valence-electron chi connectivity index (χ3n) is 2.54. The minimum Gasteiger partial charge on any atom is -0.298 e. The first-order chi connectivity index (χ1) is 9.15. The van der Waals surface area contributed by atoms with Gasteiger partial charge in [0.15, 0.2) is 0 Å². The van der Waals surface area contributed by atoms with E-state index in [1.165, 1.54) is 30.0 Å². The van der Waals surface area contributed by atoms with Crippen molar-refractivity contribution in [3.8, 4) is 0 Å². The number of hydrogen-bond acceptors (Lipinski definition) is 2. The highest BCUT2D eigenvalue weighted by Crippen LogP contribution is 2.21. The maximum absolute atomic E-state index is 13.3. The first kappa shape index (κ1) is 13.7. The fraction of sp³-hybridized carbons (Fsp3) is 0.133. The molecule has 0 saturated carbocycles. The van der Waals surface area contributed by atoms with Gasteiger partial charge in [0.25, 0.3) is 0 Å². The van der Waals surface area contributed by atoms with E-state index in [-0.39, 0.29) is 29.6 Å². The Morgan fingerprint density at radius 1 is 1.00 bits per heavy atom. The molecule has 0 unspecified atom stereocenters. The second-order valence-electron chi connectivity index (χ2n) is 4.06. The van der Waals surface area contributed by atoms with Gasteiger partial charge in [0.05, 0.1) is 5.75 Å². The lowest BCUT2D eigenvalue weighted by Crippen LogP contribution is -2.05. The van der Waals surface area contributed by atoms with Gasteiger partial charge in [-0.1, -0.05) is 24.3 Å². The lowest BCUT2D eigenvalue weighted by Gasteiger charge is -2.03. The zero-order valence-electron chi connectivity index (χ0n) is 10.1. The van der Waals surface area contributed by atoms with E-state index in [4.69, 9.17) is 0 Å². The Morgan fingerprint density at radius 2 is 1.68 bits per heavy atom. The molecular formula is C15H12F2OS. The van der Waals surface area contributed by atoms with Crippen LogP contribution >= 0.6 is 11.8 Å². The van der Waals surface area contributed by atoms with Crippen molar-refractivity contribution < 1.29 is 13.6 Å². The first-order valence-electron chi connectivity index (χ1n) is 5.78. The molecule has 0 aromatic heterocycles. The minimum absolute atomic E-state index is 0.0140. The van der Waals surface area contributed by atoms with Gasteiger partial charge in [-0.2, -0.15) is 0 Å². The summed E-state index contributed by atoms with van der Waals surface area (Å²) in [5.74, 6) is -0.447. The predicted octanol–water partition coefficient (Wildman–Crippen LogP) is 3.87. The summed E-state index contributed by atoms with van der Waals surface area (Å²) >= 11 is 1.18. The second kappa shape index (κ2) is 6.48. The van der Waals surface area contributed by atoms with Crippen molar-refractivity contribution in [3.63, 3.8) is 0 Å². The van der Waals surface area contributed by atoms with Gasteiger partial charge in [0.2, 0.25) is 0 Å². The minimum atomic E-state index is -0.322. The van der Waals surface area contributed by atoms with E-state index in [9.17, 15) is 13.6 Å². The highest BCUT2D eigenvalue weighted by atomic mass is 32.2. The SMILES string of the molecule is O=C(CSc1ccccc1F)Cc1ccc(F)cc1. The number of thioether (sulfide) groups is 1. The molecule has 4 heteroatoms. The Bertz CT molecular complexity index is 567. The molecule has 1 nitrogen and oxygen atoms in total. The van der Waals surface area contributed by atoms with Crippen LogP contribution in [0.25, 0.3) is 0 Å². The molecule has 98 valence electrons. The molecule has 2 rings (SSSR count). The van der Waals surface area contributed by atoms with Crippen LogP contribution in [0, 0.1) is 11.6 Å². The van der Waals surface area contributed by atoms with Crippen LogP contribution < -0.4 is 0 Å². The van der Waals surface area contributed by atoms with Crippen molar-refractivity contribution in [3.05, 3.63) is 65.7 Å². The van der Waals surface area contributed by atoms with Crippen molar-refractivity contribution in [2.75, 3.05) is 5.75 Å². The summed E-state index contributed by atoms with van der Waals surface area (Å²) in [6.07, 6.45) is 0.238. The summed E-state index contributed by atoms with van der Waals surface area (Å²) in [6, 6.07) is 12.2. The van der Waals surface area contributed by atoms with Gasteiger partial charge in [0.1, 0.15) is 17.4 Å². The van der Waals surface area contributed by atoms with Crippen LogP contribution in [0.4, 0.5) is 8.78 Å². The highest BCUT2D eigenvalue weighted by molar-refractivity contribution is 8.00. The van der Waals surface area contributed by atoms with Gasteiger partial charge >= 0.3 is 0 Å². The smallest absolute Gasteiger partial charge is 0.147 e. The van der Waals surface area contributed by atoms with Gasteiger partial charge in [-0.25, -0.2) is 8.78 Å². The van der Waals surface area contributed by atoms with E-state index in [1.54, 1.807) is 30.3 Å². The van der Waals surface area contributed by atoms with E-state index in [1.807, 2.05) is 0 Å². The van der Waals surface area contributed by atoms with Gasteiger partial charge in [-0.3, -0.25) is 4.79 Å². The zero-order valence-corrected chi connectivity index (χ0v) is 10.9. The summed E-state index contributed by atoms with van der Waals surface area (Å²) < 4.78 is 26.0. The summed E-state index contributed by atoms with van der Waals surface area (Å²) in [4.78, 5) is 12.2. The molecule has 0 atom stereocenters. The topological polar surface area (TPSA) is 17.1 Å². The van der Waals surface area contributed by atoms with Crippen molar-refractivity contribution >= 4 is 17.5 Å². The van der Waals surface area contributed by atoms with Crippen LogP contribution in [0.1, 0.15) is 5.56 Å². The van der Waals surface area contributed by atoms with E-state index in [2.05, 4.69) is 0 Å². The van der Waals surface area contributed by atoms with Gasteiger partial charge in [-0.05, 0) is 29.8 Å².